The molecule has 0 aliphatic carbocycles. The number of nitrogens with one attached hydrogen (secondary N) is 2. The standard InChI is InChI=1S/C21H22N2O3/c1-13-6-4-5-7-18(13)23-21(25)11-22-20(24)10-16-12-26-19-9-15(3)14(2)8-17(16)19/h4-9,12H,10-11H2,1-3H3,(H,22,24)(H,23,25). The van der Waals surface area contributed by atoms with Gasteiger partial charge >= 0.3 is 0 Å². The van der Waals surface area contributed by atoms with Crippen LogP contribution in [-0.2, 0) is 16.0 Å². The summed E-state index contributed by atoms with van der Waals surface area (Å²) in [5.41, 5.74) is 5.61. The molecule has 2 aromatic carbocycles. The number of fused-ring (bicyclic) bond motifs is 1. The van der Waals surface area contributed by atoms with Crippen molar-refractivity contribution >= 4 is 28.5 Å². The molecular formula is C21H22N2O3. The average molecular weight is 350 g/mol. The minimum absolute atomic E-state index is 0.0684. The Bertz CT molecular complexity index is 973. The molecule has 0 aliphatic rings. The lowest BCUT2D eigenvalue weighted by Crippen LogP contribution is -2.33. The Morgan fingerprint density at radius 3 is 2.46 bits per heavy atom. The van der Waals surface area contributed by atoms with Crippen LogP contribution in [0.15, 0.2) is 47.1 Å². The van der Waals surface area contributed by atoms with Crippen LogP contribution in [-0.4, -0.2) is 18.4 Å². The van der Waals surface area contributed by atoms with Crippen LogP contribution in [0, 0.1) is 20.8 Å². The molecule has 0 radical (unpaired) electrons. The van der Waals surface area contributed by atoms with Gasteiger partial charge < -0.3 is 15.1 Å². The van der Waals surface area contributed by atoms with Gasteiger partial charge in [-0.15, -0.1) is 0 Å². The summed E-state index contributed by atoms with van der Waals surface area (Å²) in [6.45, 7) is 5.90. The highest BCUT2D eigenvalue weighted by Gasteiger charge is 2.13. The zero-order valence-electron chi connectivity index (χ0n) is 15.2. The summed E-state index contributed by atoms with van der Waals surface area (Å²) in [7, 11) is 0. The lowest BCUT2D eigenvalue weighted by atomic mass is 10.0. The average Bonchev–Trinajstić information content (AvgIpc) is 2.97. The van der Waals surface area contributed by atoms with Crippen LogP contribution in [0.1, 0.15) is 22.3 Å². The minimum atomic E-state index is -0.254. The van der Waals surface area contributed by atoms with Crippen LogP contribution >= 0.6 is 0 Å². The SMILES string of the molecule is Cc1cc2occ(CC(=O)NCC(=O)Nc3ccccc3C)c2cc1C. The normalized spacial score (nSPS) is 10.7. The van der Waals surface area contributed by atoms with Crippen molar-refractivity contribution in [3.63, 3.8) is 0 Å². The van der Waals surface area contributed by atoms with E-state index < -0.39 is 0 Å². The van der Waals surface area contributed by atoms with Gasteiger partial charge in [-0.2, -0.15) is 0 Å². The van der Waals surface area contributed by atoms with E-state index in [2.05, 4.69) is 10.6 Å². The van der Waals surface area contributed by atoms with Gasteiger partial charge in [0.05, 0.1) is 19.2 Å². The second kappa shape index (κ2) is 7.44. The maximum atomic E-state index is 12.2. The second-order valence-corrected chi connectivity index (χ2v) is 6.51. The number of hydrogen-bond donors (Lipinski definition) is 2. The smallest absolute Gasteiger partial charge is 0.243 e. The van der Waals surface area contributed by atoms with Gasteiger partial charge in [0, 0.05) is 16.6 Å². The maximum absolute atomic E-state index is 12.2. The molecule has 0 unspecified atom stereocenters. The molecule has 2 N–H and O–H groups in total. The molecule has 0 atom stereocenters. The van der Waals surface area contributed by atoms with Gasteiger partial charge in [0.25, 0.3) is 0 Å². The monoisotopic (exact) mass is 350 g/mol. The molecule has 0 aliphatic heterocycles. The molecular weight excluding hydrogens is 328 g/mol. The van der Waals surface area contributed by atoms with Gasteiger partial charge in [-0.05, 0) is 55.7 Å². The first-order valence-corrected chi connectivity index (χ1v) is 8.53. The van der Waals surface area contributed by atoms with Crippen molar-refractivity contribution < 1.29 is 14.0 Å². The number of carbonyl (C=O) groups excluding carboxylic acids is 2. The summed E-state index contributed by atoms with van der Waals surface area (Å²) < 4.78 is 5.54. The highest BCUT2D eigenvalue weighted by molar-refractivity contribution is 5.96. The third kappa shape index (κ3) is 3.94. The van der Waals surface area contributed by atoms with Crippen molar-refractivity contribution in [1.29, 1.82) is 0 Å². The van der Waals surface area contributed by atoms with Gasteiger partial charge in [-0.1, -0.05) is 18.2 Å². The van der Waals surface area contributed by atoms with E-state index in [9.17, 15) is 9.59 Å². The van der Waals surface area contributed by atoms with Crippen molar-refractivity contribution in [2.24, 2.45) is 0 Å². The van der Waals surface area contributed by atoms with E-state index in [1.165, 1.54) is 0 Å². The molecule has 3 aromatic rings. The minimum Gasteiger partial charge on any atom is -0.464 e. The molecule has 3 rings (SSSR count). The highest BCUT2D eigenvalue weighted by atomic mass is 16.3. The van der Waals surface area contributed by atoms with Crippen molar-refractivity contribution in [2.75, 3.05) is 11.9 Å². The molecule has 5 nitrogen and oxygen atoms in total. The number of hydrogen-bond acceptors (Lipinski definition) is 3. The van der Waals surface area contributed by atoms with Crippen LogP contribution in [0.25, 0.3) is 11.0 Å². The Hall–Kier alpha value is -3.08. The fourth-order valence-corrected chi connectivity index (χ4v) is 2.80. The highest BCUT2D eigenvalue weighted by Crippen LogP contribution is 2.25. The molecule has 134 valence electrons. The first-order chi connectivity index (χ1) is 12.4. The zero-order valence-corrected chi connectivity index (χ0v) is 15.2. The number of furan rings is 1. The van der Waals surface area contributed by atoms with Crippen molar-refractivity contribution in [2.45, 2.75) is 27.2 Å². The van der Waals surface area contributed by atoms with Crippen LogP contribution in [0.2, 0.25) is 0 Å². The fourth-order valence-electron chi connectivity index (χ4n) is 2.80. The largest absolute Gasteiger partial charge is 0.464 e. The first-order valence-electron chi connectivity index (χ1n) is 8.53. The van der Waals surface area contributed by atoms with Gasteiger partial charge in [0.2, 0.25) is 11.8 Å². The molecule has 1 heterocycles. The summed E-state index contributed by atoms with van der Waals surface area (Å²) in [6, 6.07) is 11.5. The van der Waals surface area contributed by atoms with Gasteiger partial charge in [0.1, 0.15) is 5.58 Å². The number of benzene rings is 2. The molecule has 26 heavy (non-hydrogen) atoms. The van der Waals surface area contributed by atoms with E-state index in [1.54, 1.807) is 6.26 Å². The van der Waals surface area contributed by atoms with Crippen molar-refractivity contribution in [3.8, 4) is 0 Å². The Morgan fingerprint density at radius 2 is 1.69 bits per heavy atom. The van der Waals surface area contributed by atoms with E-state index in [-0.39, 0.29) is 24.8 Å². The van der Waals surface area contributed by atoms with Gasteiger partial charge in [-0.25, -0.2) is 0 Å². The second-order valence-electron chi connectivity index (χ2n) is 6.51. The van der Waals surface area contributed by atoms with Crippen LogP contribution in [0.3, 0.4) is 0 Å². The molecule has 5 heteroatoms. The quantitative estimate of drug-likeness (QED) is 0.738. The zero-order chi connectivity index (χ0) is 18.7. The van der Waals surface area contributed by atoms with E-state index in [1.807, 2.05) is 57.2 Å². The molecule has 0 saturated heterocycles. The Morgan fingerprint density at radius 1 is 0.962 bits per heavy atom. The molecule has 0 fully saturated rings. The number of para-hydroxylation sites is 1. The topological polar surface area (TPSA) is 71.3 Å². The van der Waals surface area contributed by atoms with E-state index in [4.69, 9.17) is 4.42 Å². The number of aryl methyl sites for hydroxylation is 3. The molecule has 1 aromatic heterocycles. The van der Waals surface area contributed by atoms with Crippen LogP contribution < -0.4 is 10.6 Å². The summed E-state index contributed by atoms with van der Waals surface area (Å²) in [5, 5.41) is 6.39. The predicted molar refractivity (Wildman–Crippen MR) is 102 cm³/mol. The van der Waals surface area contributed by atoms with Gasteiger partial charge in [-0.3, -0.25) is 9.59 Å². The first kappa shape index (κ1) is 17.7. The number of amides is 2. The fraction of sp³-hybridized carbons (Fsp3) is 0.238. The van der Waals surface area contributed by atoms with E-state index in [0.717, 1.165) is 38.9 Å². The molecule has 0 saturated carbocycles. The van der Waals surface area contributed by atoms with Crippen molar-refractivity contribution in [3.05, 3.63) is 64.9 Å². The summed E-state index contributed by atoms with van der Waals surface area (Å²) >= 11 is 0. The Kier molecular flexibility index (Phi) is 5.07. The molecule has 0 spiro atoms. The van der Waals surface area contributed by atoms with Crippen molar-refractivity contribution in [1.82, 2.24) is 5.32 Å². The number of anilines is 1. The Labute approximate surface area is 152 Å². The molecule has 2 amide bonds. The van der Waals surface area contributed by atoms with E-state index >= 15 is 0 Å². The number of rotatable bonds is 5. The molecule has 0 bridgehead atoms. The summed E-state index contributed by atoms with van der Waals surface area (Å²) in [5.74, 6) is -0.470. The maximum Gasteiger partial charge on any atom is 0.243 e. The van der Waals surface area contributed by atoms with Gasteiger partial charge in [0.15, 0.2) is 0 Å². The lowest BCUT2D eigenvalue weighted by Gasteiger charge is -2.09. The third-order valence-corrected chi connectivity index (χ3v) is 4.49. The van der Waals surface area contributed by atoms with Crippen LogP contribution in [0.4, 0.5) is 5.69 Å². The van der Waals surface area contributed by atoms with Crippen LogP contribution in [0.5, 0.6) is 0 Å². The lowest BCUT2D eigenvalue weighted by molar-refractivity contribution is -0.123. The third-order valence-electron chi connectivity index (χ3n) is 4.49. The summed E-state index contributed by atoms with van der Waals surface area (Å²) in [4.78, 5) is 24.2. The summed E-state index contributed by atoms with van der Waals surface area (Å²) in [6.07, 6.45) is 1.78. The van der Waals surface area contributed by atoms with E-state index in [0.29, 0.717) is 0 Å². The number of carbonyl (C=O) groups is 2. The predicted octanol–water partition coefficient (Wildman–Crippen LogP) is 3.66. The Balaban J connectivity index is 1.58.